The van der Waals surface area contributed by atoms with E-state index in [1.807, 2.05) is 0 Å². The lowest BCUT2D eigenvalue weighted by Gasteiger charge is -2.31. The smallest absolute Gasteiger partial charge is 0.223 e. The summed E-state index contributed by atoms with van der Waals surface area (Å²) in [6, 6.07) is 8.72. The van der Waals surface area contributed by atoms with E-state index in [0.29, 0.717) is 18.3 Å². The van der Waals surface area contributed by atoms with Crippen LogP contribution >= 0.6 is 15.9 Å². The molecule has 1 aliphatic carbocycles. The van der Waals surface area contributed by atoms with Gasteiger partial charge in [-0.25, -0.2) is 0 Å². The van der Waals surface area contributed by atoms with Crippen LogP contribution in [0.25, 0.3) is 0 Å². The number of guanidine groups is 1. The monoisotopic (exact) mass is 405 g/mol. The van der Waals surface area contributed by atoms with Crippen LogP contribution in [0.15, 0.2) is 38.3 Å². The number of aryl methyl sites for hydroxylation is 1. The van der Waals surface area contributed by atoms with Gasteiger partial charge < -0.3 is 15.2 Å². The van der Waals surface area contributed by atoms with Crippen LogP contribution in [-0.4, -0.2) is 29.7 Å². The van der Waals surface area contributed by atoms with Crippen molar-refractivity contribution in [3.05, 3.63) is 46.0 Å². The predicted molar refractivity (Wildman–Crippen MR) is 102 cm³/mol. The minimum absolute atomic E-state index is 0.168. The van der Waals surface area contributed by atoms with Crippen molar-refractivity contribution in [3.63, 3.8) is 0 Å². The molecule has 0 spiro atoms. The topological polar surface area (TPSA) is 75.3 Å². The Morgan fingerprint density at radius 2 is 1.96 bits per heavy atom. The molecule has 6 nitrogen and oxygen atoms in total. The van der Waals surface area contributed by atoms with Gasteiger partial charge in [0.25, 0.3) is 0 Å². The standard InChI is InChI=1S/C18H24BrN5O/c1-13-23-16(24-25-13)11-21-17(20-2)22-12-18(9-3-4-10-18)14-5-7-15(19)8-6-14/h5-8H,3-4,9-12H2,1-2H3,(H2,20,21,22). The Bertz CT molecular complexity index is 719. The maximum absolute atomic E-state index is 4.99. The molecule has 0 radical (unpaired) electrons. The molecule has 1 heterocycles. The van der Waals surface area contributed by atoms with Gasteiger partial charge in [0.2, 0.25) is 5.89 Å². The van der Waals surface area contributed by atoms with E-state index in [4.69, 9.17) is 4.52 Å². The van der Waals surface area contributed by atoms with Crippen molar-refractivity contribution in [1.29, 1.82) is 0 Å². The van der Waals surface area contributed by atoms with Crippen LogP contribution in [0.3, 0.4) is 0 Å². The third kappa shape index (κ3) is 4.39. The summed E-state index contributed by atoms with van der Waals surface area (Å²) >= 11 is 3.53. The molecular weight excluding hydrogens is 382 g/mol. The number of aliphatic imine (C=N–C) groups is 1. The van der Waals surface area contributed by atoms with Gasteiger partial charge >= 0.3 is 0 Å². The van der Waals surface area contributed by atoms with E-state index in [-0.39, 0.29) is 5.41 Å². The van der Waals surface area contributed by atoms with Crippen molar-refractivity contribution in [2.24, 2.45) is 4.99 Å². The molecule has 7 heteroatoms. The molecule has 1 aromatic heterocycles. The zero-order chi connectivity index (χ0) is 17.7. The number of nitrogens with zero attached hydrogens (tertiary/aromatic N) is 3. The fraction of sp³-hybridized carbons (Fsp3) is 0.500. The van der Waals surface area contributed by atoms with Crippen LogP contribution in [0.4, 0.5) is 0 Å². The maximum Gasteiger partial charge on any atom is 0.223 e. The number of hydrogen-bond donors (Lipinski definition) is 2. The molecule has 1 saturated carbocycles. The lowest BCUT2D eigenvalue weighted by atomic mass is 9.79. The Morgan fingerprint density at radius 3 is 2.56 bits per heavy atom. The SMILES string of the molecule is CN=C(NCc1noc(C)n1)NCC1(c2ccc(Br)cc2)CCCC1. The summed E-state index contributed by atoms with van der Waals surface area (Å²) in [4.78, 5) is 8.51. The first-order valence-corrected chi connectivity index (χ1v) is 9.40. The molecule has 134 valence electrons. The average molecular weight is 406 g/mol. The van der Waals surface area contributed by atoms with Crippen molar-refractivity contribution < 1.29 is 4.52 Å². The summed E-state index contributed by atoms with van der Waals surface area (Å²) in [7, 11) is 1.78. The summed E-state index contributed by atoms with van der Waals surface area (Å²) in [5, 5.41) is 10.6. The normalized spacial score (nSPS) is 16.8. The number of aromatic nitrogens is 2. The Labute approximate surface area is 156 Å². The van der Waals surface area contributed by atoms with Gasteiger partial charge in [0, 0.05) is 30.4 Å². The Hall–Kier alpha value is -1.89. The van der Waals surface area contributed by atoms with Crippen LogP contribution in [0.5, 0.6) is 0 Å². The third-order valence-corrected chi connectivity index (χ3v) is 5.35. The largest absolute Gasteiger partial charge is 0.356 e. The number of hydrogen-bond acceptors (Lipinski definition) is 4. The highest BCUT2D eigenvalue weighted by Crippen LogP contribution is 2.40. The first kappa shape index (κ1) is 17.9. The Morgan fingerprint density at radius 1 is 1.24 bits per heavy atom. The Balaban J connectivity index is 1.63. The highest BCUT2D eigenvalue weighted by molar-refractivity contribution is 9.10. The van der Waals surface area contributed by atoms with E-state index in [1.54, 1.807) is 14.0 Å². The summed E-state index contributed by atoms with van der Waals surface area (Å²) in [5.41, 5.74) is 1.56. The van der Waals surface area contributed by atoms with E-state index in [2.05, 4.69) is 66.0 Å². The number of rotatable bonds is 5. The first-order valence-electron chi connectivity index (χ1n) is 8.61. The van der Waals surface area contributed by atoms with Crippen molar-refractivity contribution in [2.75, 3.05) is 13.6 Å². The summed E-state index contributed by atoms with van der Waals surface area (Å²) in [6.07, 6.45) is 4.93. The van der Waals surface area contributed by atoms with Crippen molar-refractivity contribution in [2.45, 2.75) is 44.6 Å². The Kier molecular flexibility index (Phi) is 5.73. The molecule has 1 aliphatic rings. The van der Waals surface area contributed by atoms with Gasteiger partial charge in [-0.3, -0.25) is 4.99 Å². The molecule has 0 aliphatic heterocycles. The average Bonchev–Trinajstić information content (AvgIpc) is 3.25. The van der Waals surface area contributed by atoms with E-state index < -0.39 is 0 Å². The van der Waals surface area contributed by atoms with Gasteiger partial charge in [0.05, 0.1) is 6.54 Å². The number of nitrogens with one attached hydrogen (secondary N) is 2. The number of halogens is 1. The maximum atomic E-state index is 4.99. The van der Waals surface area contributed by atoms with Crippen LogP contribution in [0, 0.1) is 6.92 Å². The molecule has 0 unspecified atom stereocenters. The lowest BCUT2D eigenvalue weighted by Crippen LogP contribution is -2.44. The second-order valence-corrected chi connectivity index (χ2v) is 7.42. The highest BCUT2D eigenvalue weighted by Gasteiger charge is 2.35. The third-order valence-electron chi connectivity index (χ3n) is 4.82. The summed E-state index contributed by atoms with van der Waals surface area (Å²) in [5.74, 6) is 1.95. The van der Waals surface area contributed by atoms with E-state index >= 15 is 0 Å². The molecule has 0 amide bonds. The van der Waals surface area contributed by atoms with Gasteiger partial charge in [-0.15, -0.1) is 0 Å². The summed E-state index contributed by atoms with van der Waals surface area (Å²) in [6.45, 7) is 3.13. The molecule has 2 N–H and O–H groups in total. The predicted octanol–water partition coefficient (Wildman–Crippen LogP) is 3.32. The first-order chi connectivity index (χ1) is 12.1. The second-order valence-electron chi connectivity index (χ2n) is 6.50. The van der Waals surface area contributed by atoms with Crippen LogP contribution in [0.1, 0.15) is 43.0 Å². The van der Waals surface area contributed by atoms with Crippen LogP contribution in [-0.2, 0) is 12.0 Å². The van der Waals surface area contributed by atoms with Crippen molar-refractivity contribution in [3.8, 4) is 0 Å². The minimum atomic E-state index is 0.168. The molecule has 3 rings (SSSR count). The molecule has 0 saturated heterocycles. The van der Waals surface area contributed by atoms with E-state index in [9.17, 15) is 0 Å². The van der Waals surface area contributed by atoms with Gasteiger partial charge in [-0.2, -0.15) is 4.98 Å². The van der Waals surface area contributed by atoms with Gasteiger partial charge in [0.1, 0.15) is 0 Å². The minimum Gasteiger partial charge on any atom is -0.356 e. The molecule has 2 aromatic rings. The lowest BCUT2D eigenvalue weighted by molar-refractivity contribution is 0.386. The van der Waals surface area contributed by atoms with E-state index in [0.717, 1.165) is 17.0 Å². The fourth-order valence-electron chi connectivity index (χ4n) is 3.47. The van der Waals surface area contributed by atoms with Crippen molar-refractivity contribution >= 4 is 21.9 Å². The zero-order valence-electron chi connectivity index (χ0n) is 14.7. The second kappa shape index (κ2) is 7.99. The molecular formula is C18H24BrN5O. The quantitative estimate of drug-likeness (QED) is 0.589. The van der Waals surface area contributed by atoms with Gasteiger partial charge in [-0.05, 0) is 30.5 Å². The molecule has 1 fully saturated rings. The van der Waals surface area contributed by atoms with Crippen LogP contribution in [0.2, 0.25) is 0 Å². The molecule has 0 bridgehead atoms. The summed E-state index contributed by atoms with van der Waals surface area (Å²) < 4.78 is 6.11. The van der Waals surface area contributed by atoms with Gasteiger partial charge in [0.15, 0.2) is 11.8 Å². The van der Waals surface area contributed by atoms with Crippen molar-refractivity contribution in [1.82, 2.24) is 20.8 Å². The fourth-order valence-corrected chi connectivity index (χ4v) is 3.74. The molecule has 1 aromatic carbocycles. The molecule has 0 atom stereocenters. The van der Waals surface area contributed by atoms with Gasteiger partial charge in [-0.1, -0.05) is 46.1 Å². The van der Waals surface area contributed by atoms with Crippen LogP contribution < -0.4 is 10.6 Å². The van der Waals surface area contributed by atoms with E-state index in [1.165, 1.54) is 31.2 Å². The zero-order valence-corrected chi connectivity index (χ0v) is 16.3. The number of benzene rings is 1. The highest BCUT2D eigenvalue weighted by atomic mass is 79.9. The molecule has 25 heavy (non-hydrogen) atoms.